The van der Waals surface area contributed by atoms with E-state index < -0.39 is 17.7 Å². The fourth-order valence-electron chi connectivity index (χ4n) is 3.94. The zero-order valence-corrected chi connectivity index (χ0v) is 16.6. The van der Waals surface area contributed by atoms with Crippen LogP contribution < -0.4 is 0 Å². The first kappa shape index (κ1) is 21.4. The molecule has 1 unspecified atom stereocenters. The quantitative estimate of drug-likeness (QED) is 0.692. The number of aliphatic carboxylic acids is 1. The number of nitrogens with zero attached hydrogens (tertiary/aromatic N) is 1. The highest BCUT2D eigenvalue weighted by Crippen LogP contribution is 2.35. The number of carboxylic acid groups (broad SMARTS) is 1. The zero-order chi connectivity index (χ0) is 21.2. The number of hydrogen-bond donors (Lipinski definition) is 1. The predicted molar refractivity (Wildman–Crippen MR) is 106 cm³/mol. The number of likely N-dealkylation sites (tertiary alicyclic amines) is 1. The standard InChI is InChI=1S/C23H26F3NO2/c1-15(2)16-3-5-17(6-4-16)21(27-13-11-19(12-14-27)22(28)29)18-7-9-20(10-8-18)23(24,25)26/h3-10,15,19,21H,11-14H2,1-2H3,(H,28,29). The van der Waals surface area contributed by atoms with Crippen molar-refractivity contribution in [2.45, 2.75) is 44.8 Å². The topological polar surface area (TPSA) is 40.5 Å². The first-order chi connectivity index (χ1) is 13.7. The Bertz CT molecular complexity index is 821. The van der Waals surface area contributed by atoms with Crippen molar-refractivity contribution in [1.29, 1.82) is 0 Å². The van der Waals surface area contributed by atoms with Gasteiger partial charge < -0.3 is 5.11 Å². The molecule has 0 aromatic heterocycles. The second-order valence-corrected chi connectivity index (χ2v) is 7.99. The molecule has 3 rings (SSSR count). The maximum absolute atomic E-state index is 13.0. The molecule has 1 aliphatic heterocycles. The van der Waals surface area contributed by atoms with E-state index in [4.69, 9.17) is 0 Å². The summed E-state index contributed by atoms with van der Waals surface area (Å²) in [5.41, 5.74) is 2.32. The van der Waals surface area contributed by atoms with Crippen LogP contribution in [0, 0.1) is 5.92 Å². The van der Waals surface area contributed by atoms with Gasteiger partial charge in [-0.25, -0.2) is 0 Å². The van der Waals surface area contributed by atoms with Crippen LogP contribution in [0.1, 0.15) is 60.9 Å². The third-order valence-electron chi connectivity index (χ3n) is 5.72. The van der Waals surface area contributed by atoms with Crippen LogP contribution >= 0.6 is 0 Å². The van der Waals surface area contributed by atoms with Gasteiger partial charge in [0.25, 0.3) is 0 Å². The van der Waals surface area contributed by atoms with Gasteiger partial charge >= 0.3 is 12.1 Å². The van der Waals surface area contributed by atoms with Crippen molar-refractivity contribution < 1.29 is 23.1 Å². The molecule has 0 saturated carbocycles. The minimum atomic E-state index is -4.37. The summed E-state index contributed by atoms with van der Waals surface area (Å²) >= 11 is 0. The lowest BCUT2D eigenvalue weighted by Gasteiger charge is -2.37. The van der Waals surface area contributed by atoms with Gasteiger partial charge in [0.1, 0.15) is 0 Å². The molecule has 3 nitrogen and oxygen atoms in total. The molecule has 6 heteroatoms. The lowest BCUT2D eigenvalue weighted by molar-refractivity contribution is -0.143. The van der Waals surface area contributed by atoms with E-state index in [-0.39, 0.29) is 12.0 Å². The zero-order valence-electron chi connectivity index (χ0n) is 16.6. The summed E-state index contributed by atoms with van der Waals surface area (Å²) < 4.78 is 38.9. The number of piperidine rings is 1. The number of carboxylic acids is 1. The number of alkyl halides is 3. The molecule has 2 aromatic rings. The number of hydrogen-bond acceptors (Lipinski definition) is 2. The molecule has 1 fully saturated rings. The van der Waals surface area contributed by atoms with Crippen molar-refractivity contribution in [3.8, 4) is 0 Å². The Morgan fingerprint density at radius 2 is 1.38 bits per heavy atom. The first-order valence-electron chi connectivity index (χ1n) is 9.90. The molecule has 1 saturated heterocycles. The van der Waals surface area contributed by atoms with Crippen molar-refractivity contribution in [3.63, 3.8) is 0 Å². The molecular formula is C23H26F3NO2. The van der Waals surface area contributed by atoms with Crippen molar-refractivity contribution in [2.75, 3.05) is 13.1 Å². The summed E-state index contributed by atoms with van der Waals surface area (Å²) in [6, 6.07) is 13.3. The highest BCUT2D eigenvalue weighted by Gasteiger charge is 2.32. The molecule has 1 N–H and O–H groups in total. The van der Waals surface area contributed by atoms with Crippen LogP contribution in [0.25, 0.3) is 0 Å². The van der Waals surface area contributed by atoms with Gasteiger partial charge in [0.2, 0.25) is 0 Å². The summed E-state index contributed by atoms with van der Waals surface area (Å²) in [4.78, 5) is 13.5. The highest BCUT2D eigenvalue weighted by atomic mass is 19.4. The molecule has 0 radical (unpaired) electrons. The number of halogens is 3. The number of rotatable bonds is 5. The van der Waals surface area contributed by atoms with E-state index in [9.17, 15) is 23.1 Å². The van der Waals surface area contributed by atoms with Gasteiger partial charge in [-0.2, -0.15) is 13.2 Å². The first-order valence-corrected chi connectivity index (χ1v) is 9.90. The van der Waals surface area contributed by atoms with Gasteiger partial charge in [0, 0.05) is 0 Å². The van der Waals surface area contributed by atoms with Gasteiger partial charge in [-0.05, 0) is 60.7 Å². The summed E-state index contributed by atoms with van der Waals surface area (Å²) in [5, 5.41) is 9.26. The van der Waals surface area contributed by atoms with Crippen molar-refractivity contribution in [1.82, 2.24) is 4.90 Å². The lowest BCUT2D eigenvalue weighted by Crippen LogP contribution is -2.39. The summed E-state index contributed by atoms with van der Waals surface area (Å²) in [5.74, 6) is -0.750. The van der Waals surface area contributed by atoms with E-state index >= 15 is 0 Å². The molecule has 1 atom stereocenters. The molecule has 2 aromatic carbocycles. The molecular weight excluding hydrogens is 379 g/mol. The Labute approximate surface area is 169 Å². The van der Waals surface area contributed by atoms with Gasteiger partial charge in [-0.3, -0.25) is 9.69 Å². The molecule has 0 spiro atoms. The number of carbonyl (C=O) groups is 1. The van der Waals surface area contributed by atoms with E-state index in [0.717, 1.165) is 23.3 Å². The Balaban J connectivity index is 1.92. The Morgan fingerprint density at radius 3 is 1.79 bits per heavy atom. The van der Waals surface area contributed by atoms with Gasteiger partial charge in [-0.15, -0.1) is 0 Å². The average Bonchev–Trinajstić information content (AvgIpc) is 2.69. The normalized spacial score (nSPS) is 17.4. The van der Waals surface area contributed by atoms with Crippen LogP contribution in [0.5, 0.6) is 0 Å². The summed E-state index contributed by atoms with van der Waals surface area (Å²) in [6.07, 6.45) is -3.29. The molecule has 29 heavy (non-hydrogen) atoms. The molecule has 1 aliphatic rings. The van der Waals surface area contributed by atoms with E-state index in [0.29, 0.717) is 31.8 Å². The van der Waals surface area contributed by atoms with Crippen LogP contribution in [0.15, 0.2) is 48.5 Å². The minimum Gasteiger partial charge on any atom is -0.481 e. The predicted octanol–water partition coefficient (Wildman–Crippen LogP) is 5.71. The second kappa shape index (κ2) is 8.57. The molecule has 0 bridgehead atoms. The average molecular weight is 405 g/mol. The summed E-state index contributed by atoms with van der Waals surface area (Å²) in [7, 11) is 0. The fourth-order valence-corrected chi connectivity index (χ4v) is 3.94. The lowest BCUT2D eigenvalue weighted by atomic mass is 9.90. The third-order valence-corrected chi connectivity index (χ3v) is 5.72. The highest BCUT2D eigenvalue weighted by molar-refractivity contribution is 5.70. The molecule has 156 valence electrons. The van der Waals surface area contributed by atoms with E-state index in [1.807, 2.05) is 12.1 Å². The smallest absolute Gasteiger partial charge is 0.416 e. The molecule has 0 amide bonds. The fraction of sp³-hybridized carbons (Fsp3) is 0.435. The molecule has 1 heterocycles. The maximum Gasteiger partial charge on any atom is 0.416 e. The number of benzene rings is 2. The Morgan fingerprint density at radius 1 is 0.931 bits per heavy atom. The van der Waals surface area contributed by atoms with Crippen LogP contribution in [-0.4, -0.2) is 29.1 Å². The summed E-state index contributed by atoms with van der Waals surface area (Å²) in [6.45, 7) is 5.40. The van der Waals surface area contributed by atoms with Crippen molar-refractivity contribution in [3.05, 3.63) is 70.8 Å². The van der Waals surface area contributed by atoms with Crippen molar-refractivity contribution >= 4 is 5.97 Å². The van der Waals surface area contributed by atoms with Crippen LogP contribution in [0.3, 0.4) is 0 Å². The SMILES string of the molecule is CC(C)c1ccc(C(c2ccc(C(F)(F)F)cc2)N2CCC(C(=O)O)CC2)cc1. The third kappa shape index (κ3) is 4.99. The second-order valence-electron chi connectivity index (χ2n) is 7.99. The minimum absolute atomic E-state index is 0.201. The van der Waals surface area contributed by atoms with Gasteiger partial charge in [0.15, 0.2) is 0 Å². The van der Waals surface area contributed by atoms with E-state index in [1.165, 1.54) is 17.7 Å². The van der Waals surface area contributed by atoms with Gasteiger partial charge in [-0.1, -0.05) is 50.2 Å². The largest absolute Gasteiger partial charge is 0.481 e. The van der Waals surface area contributed by atoms with Crippen LogP contribution in [-0.2, 0) is 11.0 Å². The maximum atomic E-state index is 13.0. The Hall–Kier alpha value is -2.34. The van der Waals surface area contributed by atoms with Gasteiger partial charge in [0.05, 0.1) is 17.5 Å². The monoisotopic (exact) mass is 405 g/mol. The van der Waals surface area contributed by atoms with E-state index in [1.54, 1.807) is 0 Å². The van der Waals surface area contributed by atoms with E-state index in [2.05, 4.69) is 30.9 Å². The van der Waals surface area contributed by atoms with Crippen LogP contribution in [0.2, 0.25) is 0 Å². The van der Waals surface area contributed by atoms with Crippen molar-refractivity contribution in [2.24, 2.45) is 5.92 Å². The molecule has 0 aliphatic carbocycles. The van der Waals surface area contributed by atoms with Crippen LogP contribution in [0.4, 0.5) is 13.2 Å². The Kier molecular flexibility index (Phi) is 6.32.